The van der Waals surface area contributed by atoms with Crippen molar-refractivity contribution in [2.45, 2.75) is 0 Å². The monoisotopic (exact) mass is 305 g/mol. The largest absolute Gasteiger partial charge is 0.310 e. The summed E-state index contributed by atoms with van der Waals surface area (Å²) in [6.45, 7) is 0. The predicted octanol–water partition coefficient (Wildman–Crippen LogP) is 5.42. The summed E-state index contributed by atoms with van der Waals surface area (Å²) in [5.41, 5.74) is 3.16. The molecule has 0 spiro atoms. The van der Waals surface area contributed by atoms with Crippen LogP contribution < -0.4 is 4.90 Å². The molecule has 0 radical (unpaired) electrons. The topological polar surface area (TPSA) is 3.24 Å². The van der Waals surface area contributed by atoms with Crippen LogP contribution in [0.3, 0.4) is 0 Å². The summed E-state index contributed by atoms with van der Waals surface area (Å²) < 4.78 is 26.4. The van der Waals surface area contributed by atoms with E-state index < -0.39 is 0 Å². The first-order chi connectivity index (χ1) is 11.2. The van der Waals surface area contributed by atoms with Crippen LogP contribution >= 0.6 is 0 Å². The van der Waals surface area contributed by atoms with Gasteiger partial charge in [-0.2, -0.15) is 0 Å². The molecule has 0 saturated carbocycles. The average molecular weight is 305 g/mol. The Balaban J connectivity index is 2.10. The lowest BCUT2D eigenvalue weighted by Gasteiger charge is -2.25. The number of anilines is 3. The summed E-state index contributed by atoms with van der Waals surface area (Å²) in [5.74, 6) is 1.95. The van der Waals surface area contributed by atoms with Gasteiger partial charge in [0, 0.05) is 22.6 Å². The Hall–Kier alpha value is -3.12. The number of hydrogen-bond acceptors (Lipinski definition) is 1. The zero-order valence-corrected chi connectivity index (χ0v) is 12.2. The molecule has 0 aliphatic rings. The second kappa shape index (κ2) is 6.33. The molecule has 3 rings (SSSR count). The predicted molar refractivity (Wildman–Crippen MR) is 89.0 cm³/mol. The van der Waals surface area contributed by atoms with Gasteiger partial charge in [-0.05, 0) is 72.8 Å². The Morgan fingerprint density at radius 1 is 0.609 bits per heavy atom. The van der Waals surface area contributed by atoms with Crippen molar-refractivity contribution in [2.75, 3.05) is 4.90 Å². The number of terminal acetylenes is 1. The van der Waals surface area contributed by atoms with Crippen molar-refractivity contribution >= 4 is 17.1 Å². The zero-order chi connectivity index (χ0) is 16.2. The van der Waals surface area contributed by atoms with Crippen molar-refractivity contribution in [1.29, 1.82) is 0 Å². The van der Waals surface area contributed by atoms with Crippen LogP contribution in [-0.4, -0.2) is 0 Å². The summed E-state index contributed by atoms with van der Waals surface area (Å²) in [6.07, 6.45) is 5.38. The number of rotatable bonds is 3. The van der Waals surface area contributed by atoms with Crippen molar-refractivity contribution < 1.29 is 8.78 Å². The fourth-order valence-electron chi connectivity index (χ4n) is 2.33. The third-order valence-corrected chi connectivity index (χ3v) is 3.46. The molecule has 0 N–H and O–H groups in total. The fourth-order valence-corrected chi connectivity index (χ4v) is 2.33. The molecule has 0 heterocycles. The number of benzene rings is 3. The molecular weight excluding hydrogens is 292 g/mol. The zero-order valence-electron chi connectivity index (χ0n) is 12.2. The van der Waals surface area contributed by atoms with Crippen molar-refractivity contribution in [3.8, 4) is 12.3 Å². The van der Waals surface area contributed by atoms with Crippen LogP contribution in [-0.2, 0) is 0 Å². The van der Waals surface area contributed by atoms with Crippen molar-refractivity contribution in [3.05, 3.63) is 90.0 Å². The van der Waals surface area contributed by atoms with Gasteiger partial charge in [0.25, 0.3) is 0 Å². The summed E-state index contributed by atoms with van der Waals surface area (Å²) in [5, 5.41) is 0. The minimum absolute atomic E-state index is 0.310. The normalized spacial score (nSPS) is 10.1. The van der Waals surface area contributed by atoms with E-state index in [2.05, 4.69) is 5.92 Å². The highest BCUT2D eigenvalue weighted by atomic mass is 19.1. The summed E-state index contributed by atoms with van der Waals surface area (Å²) in [6, 6.07) is 19.7. The smallest absolute Gasteiger partial charge is 0.123 e. The van der Waals surface area contributed by atoms with Gasteiger partial charge in [-0.1, -0.05) is 5.92 Å². The molecule has 3 aromatic rings. The minimum atomic E-state index is -0.310. The van der Waals surface area contributed by atoms with E-state index in [4.69, 9.17) is 6.42 Å². The van der Waals surface area contributed by atoms with Crippen LogP contribution in [0, 0.1) is 24.0 Å². The van der Waals surface area contributed by atoms with Crippen molar-refractivity contribution in [2.24, 2.45) is 0 Å². The first-order valence-electron chi connectivity index (χ1n) is 7.05. The van der Waals surface area contributed by atoms with E-state index in [1.165, 1.54) is 24.3 Å². The Labute approximate surface area is 133 Å². The lowest BCUT2D eigenvalue weighted by atomic mass is 10.1. The lowest BCUT2D eigenvalue weighted by Crippen LogP contribution is -2.09. The van der Waals surface area contributed by atoms with Crippen molar-refractivity contribution in [3.63, 3.8) is 0 Å². The van der Waals surface area contributed by atoms with Gasteiger partial charge in [-0.25, -0.2) is 8.78 Å². The van der Waals surface area contributed by atoms with E-state index in [1.54, 1.807) is 24.3 Å². The molecule has 0 bridgehead atoms. The van der Waals surface area contributed by atoms with Crippen molar-refractivity contribution in [1.82, 2.24) is 0 Å². The second-order valence-electron chi connectivity index (χ2n) is 4.98. The standard InChI is InChI=1S/C20H13F2N/c1-2-15-3-9-18(10-4-15)23(19-11-5-16(21)6-12-19)20-13-7-17(22)8-14-20/h1,3-14H. The molecule has 0 aromatic heterocycles. The van der Waals surface area contributed by atoms with Gasteiger partial charge < -0.3 is 4.90 Å². The summed E-state index contributed by atoms with van der Waals surface area (Å²) in [7, 11) is 0. The van der Waals surface area contributed by atoms with Gasteiger partial charge in [0.05, 0.1) is 0 Å². The molecule has 0 amide bonds. The van der Waals surface area contributed by atoms with Gasteiger partial charge in [0.1, 0.15) is 11.6 Å². The number of nitrogens with zero attached hydrogens (tertiary/aromatic N) is 1. The van der Waals surface area contributed by atoms with Gasteiger partial charge in [0.15, 0.2) is 0 Å². The Bertz CT molecular complexity index is 783. The van der Waals surface area contributed by atoms with Gasteiger partial charge in [0.2, 0.25) is 0 Å². The molecule has 112 valence electrons. The van der Waals surface area contributed by atoms with Crippen LogP contribution in [0.2, 0.25) is 0 Å². The van der Waals surface area contributed by atoms with E-state index in [0.29, 0.717) is 0 Å². The highest BCUT2D eigenvalue weighted by molar-refractivity contribution is 5.76. The Morgan fingerprint density at radius 3 is 1.30 bits per heavy atom. The van der Waals surface area contributed by atoms with Crippen LogP contribution in [0.15, 0.2) is 72.8 Å². The SMILES string of the molecule is C#Cc1ccc(N(c2ccc(F)cc2)c2ccc(F)cc2)cc1. The third-order valence-electron chi connectivity index (χ3n) is 3.46. The molecule has 23 heavy (non-hydrogen) atoms. The maximum atomic E-state index is 13.2. The lowest BCUT2D eigenvalue weighted by molar-refractivity contribution is 0.628. The van der Waals surface area contributed by atoms with Gasteiger partial charge >= 0.3 is 0 Å². The van der Waals surface area contributed by atoms with E-state index in [-0.39, 0.29) is 11.6 Å². The Kier molecular flexibility index (Phi) is 4.07. The van der Waals surface area contributed by atoms with Gasteiger partial charge in [-0.15, -0.1) is 6.42 Å². The highest BCUT2D eigenvalue weighted by Crippen LogP contribution is 2.34. The first-order valence-corrected chi connectivity index (χ1v) is 7.05. The first kappa shape index (κ1) is 14.8. The quantitative estimate of drug-likeness (QED) is 0.584. The average Bonchev–Trinajstić information content (AvgIpc) is 2.59. The summed E-state index contributed by atoms with van der Waals surface area (Å²) in [4.78, 5) is 1.90. The van der Waals surface area contributed by atoms with E-state index >= 15 is 0 Å². The Morgan fingerprint density at radius 2 is 0.957 bits per heavy atom. The van der Waals surface area contributed by atoms with Crippen LogP contribution in [0.1, 0.15) is 5.56 Å². The molecular formula is C20H13F2N. The van der Waals surface area contributed by atoms with Crippen LogP contribution in [0.4, 0.5) is 25.8 Å². The maximum Gasteiger partial charge on any atom is 0.123 e. The summed E-state index contributed by atoms with van der Waals surface area (Å²) >= 11 is 0. The fraction of sp³-hybridized carbons (Fsp3) is 0. The van der Waals surface area contributed by atoms with E-state index in [9.17, 15) is 8.78 Å². The molecule has 3 heteroatoms. The highest BCUT2D eigenvalue weighted by Gasteiger charge is 2.12. The number of halogens is 2. The van der Waals surface area contributed by atoms with E-state index in [1.807, 2.05) is 29.2 Å². The van der Waals surface area contributed by atoms with Crippen LogP contribution in [0.25, 0.3) is 0 Å². The van der Waals surface area contributed by atoms with Gasteiger partial charge in [-0.3, -0.25) is 0 Å². The molecule has 0 atom stereocenters. The molecule has 0 aliphatic carbocycles. The second-order valence-corrected chi connectivity index (χ2v) is 4.98. The minimum Gasteiger partial charge on any atom is -0.310 e. The molecule has 0 unspecified atom stereocenters. The molecule has 1 nitrogen and oxygen atoms in total. The van der Waals surface area contributed by atoms with Crippen LogP contribution in [0.5, 0.6) is 0 Å². The third kappa shape index (κ3) is 3.22. The van der Waals surface area contributed by atoms with E-state index in [0.717, 1.165) is 22.6 Å². The number of hydrogen-bond donors (Lipinski definition) is 0. The molecule has 0 aliphatic heterocycles. The molecule has 3 aromatic carbocycles. The molecule has 0 fully saturated rings. The maximum absolute atomic E-state index is 13.2. The molecule has 0 saturated heterocycles.